The van der Waals surface area contributed by atoms with E-state index in [9.17, 15) is 9.90 Å². The highest BCUT2D eigenvalue weighted by Crippen LogP contribution is 2.13. The van der Waals surface area contributed by atoms with E-state index in [1.165, 1.54) is 12.1 Å². The molecule has 0 heterocycles. The van der Waals surface area contributed by atoms with Crippen molar-refractivity contribution in [2.75, 3.05) is 0 Å². The molecule has 0 saturated heterocycles. The van der Waals surface area contributed by atoms with Crippen molar-refractivity contribution in [3.05, 3.63) is 23.8 Å². The average Bonchev–Trinajstić information content (AvgIpc) is 2.03. The molecule has 0 spiro atoms. The molecule has 13 heavy (non-hydrogen) atoms. The van der Waals surface area contributed by atoms with Crippen molar-refractivity contribution in [2.45, 2.75) is 0 Å². The zero-order chi connectivity index (χ0) is 10.0. The zero-order valence-electron chi connectivity index (χ0n) is 6.64. The Balaban J connectivity index is 3.13. The number of rotatable bonds is 2. The van der Waals surface area contributed by atoms with Crippen LogP contribution in [0.1, 0.15) is 10.4 Å². The third kappa shape index (κ3) is 1.98. The van der Waals surface area contributed by atoms with Crippen LogP contribution in [-0.4, -0.2) is 28.2 Å². The van der Waals surface area contributed by atoms with Crippen molar-refractivity contribution in [1.29, 1.82) is 0 Å². The second kappa shape index (κ2) is 3.46. The van der Waals surface area contributed by atoms with Gasteiger partial charge in [-0.25, -0.2) is 0 Å². The van der Waals surface area contributed by atoms with E-state index in [-0.39, 0.29) is 16.8 Å². The number of phenols is 1. The van der Waals surface area contributed by atoms with Gasteiger partial charge in [-0.3, -0.25) is 4.79 Å². The molecule has 0 fully saturated rings. The minimum absolute atomic E-state index is 0.0515. The van der Waals surface area contributed by atoms with Crippen molar-refractivity contribution >= 4 is 18.5 Å². The first-order valence-electron chi connectivity index (χ1n) is 3.51. The summed E-state index contributed by atoms with van der Waals surface area (Å²) < 4.78 is 0. The van der Waals surface area contributed by atoms with E-state index in [0.717, 1.165) is 6.07 Å². The van der Waals surface area contributed by atoms with E-state index in [1.54, 1.807) is 0 Å². The number of benzene rings is 1. The van der Waals surface area contributed by atoms with Crippen LogP contribution >= 0.6 is 0 Å². The Morgan fingerprint density at radius 3 is 2.38 bits per heavy atom. The molecule has 0 aromatic heterocycles. The summed E-state index contributed by atoms with van der Waals surface area (Å²) in [6, 6.07) is 3.60. The van der Waals surface area contributed by atoms with Gasteiger partial charge in [0.1, 0.15) is 5.75 Å². The van der Waals surface area contributed by atoms with Gasteiger partial charge >= 0.3 is 7.12 Å². The molecule has 0 bridgehead atoms. The fourth-order valence-electron chi connectivity index (χ4n) is 0.918. The van der Waals surface area contributed by atoms with E-state index in [2.05, 4.69) is 0 Å². The molecule has 5 N–H and O–H groups in total. The summed E-state index contributed by atoms with van der Waals surface area (Å²) in [6.45, 7) is 0. The molecule has 1 rings (SSSR count). The average molecular weight is 181 g/mol. The Morgan fingerprint density at radius 1 is 1.38 bits per heavy atom. The molecule has 0 unspecified atom stereocenters. The van der Waals surface area contributed by atoms with Crippen molar-refractivity contribution in [3.63, 3.8) is 0 Å². The number of carbonyl (C=O) groups is 1. The van der Waals surface area contributed by atoms with Gasteiger partial charge < -0.3 is 20.9 Å². The molecule has 0 aliphatic heterocycles. The van der Waals surface area contributed by atoms with Gasteiger partial charge in [0, 0.05) is 0 Å². The predicted molar refractivity (Wildman–Crippen MR) is 46.5 cm³/mol. The lowest BCUT2D eigenvalue weighted by atomic mass is 9.80. The van der Waals surface area contributed by atoms with Gasteiger partial charge in [-0.15, -0.1) is 0 Å². The van der Waals surface area contributed by atoms with Crippen LogP contribution in [0, 0.1) is 0 Å². The van der Waals surface area contributed by atoms with E-state index >= 15 is 0 Å². The van der Waals surface area contributed by atoms with Crippen LogP contribution in [0.4, 0.5) is 0 Å². The lowest BCUT2D eigenvalue weighted by Crippen LogP contribution is -2.30. The number of carbonyl (C=O) groups excluding carboxylic acids is 1. The van der Waals surface area contributed by atoms with E-state index in [0.29, 0.717) is 0 Å². The van der Waals surface area contributed by atoms with E-state index < -0.39 is 13.0 Å². The van der Waals surface area contributed by atoms with Crippen molar-refractivity contribution in [2.24, 2.45) is 5.73 Å². The van der Waals surface area contributed by atoms with Crippen LogP contribution in [0.25, 0.3) is 0 Å². The number of amides is 1. The first-order chi connectivity index (χ1) is 6.02. The van der Waals surface area contributed by atoms with Crippen LogP contribution in [-0.2, 0) is 0 Å². The Bertz CT molecular complexity index is 339. The highest BCUT2D eigenvalue weighted by atomic mass is 16.4. The smallest absolute Gasteiger partial charge is 0.488 e. The molecule has 6 heteroatoms. The third-order valence-electron chi connectivity index (χ3n) is 1.59. The number of hydrogen-bond acceptors (Lipinski definition) is 4. The van der Waals surface area contributed by atoms with Crippen LogP contribution in [0.15, 0.2) is 18.2 Å². The summed E-state index contributed by atoms with van der Waals surface area (Å²) in [5, 5.41) is 26.6. The third-order valence-corrected chi connectivity index (χ3v) is 1.59. The molecule has 1 aromatic rings. The molecular formula is C7H8BNO4. The summed E-state index contributed by atoms with van der Waals surface area (Å²) in [6.07, 6.45) is 0. The van der Waals surface area contributed by atoms with Crippen LogP contribution in [0.3, 0.4) is 0 Å². The molecule has 0 atom stereocenters. The molecule has 0 aliphatic rings. The lowest BCUT2D eigenvalue weighted by molar-refractivity contribution is 0.0998. The SMILES string of the molecule is NC(=O)c1ccc(B(O)O)cc1O. The summed E-state index contributed by atoms with van der Waals surface area (Å²) in [7, 11) is -1.67. The van der Waals surface area contributed by atoms with Crippen molar-refractivity contribution in [1.82, 2.24) is 0 Å². The van der Waals surface area contributed by atoms with Gasteiger partial charge in [-0.1, -0.05) is 6.07 Å². The summed E-state index contributed by atoms with van der Waals surface area (Å²) >= 11 is 0. The normalized spacial score (nSPS) is 9.69. The van der Waals surface area contributed by atoms with Gasteiger partial charge in [0.15, 0.2) is 0 Å². The number of primary amides is 1. The molecule has 1 amide bonds. The van der Waals surface area contributed by atoms with Gasteiger partial charge in [0.2, 0.25) is 0 Å². The standard InChI is InChI=1S/C7H8BNO4/c9-7(11)5-2-1-4(8(12)13)3-6(5)10/h1-3,10,12-13H,(H2,9,11). The van der Waals surface area contributed by atoms with Crippen LogP contribution < -0.4 is 11.2 Å². The van der Waals surface area contributed by atoms with E-state index in [1.807, 2.05) is 0 Å². The predicted octanol–water partition coefficient (Wildman–Crippen LogP) is -1.83. The summed E-state index contributed by atoms with van der Waals surface area (Å²) in [5.41, 5.74) is 4.96. The number of nitrogens with two attached hydrogens (primary N) is 1. The maximum Gasteiger partial charge on any atom is 0.488 e. The molecule has 0 aliphatic carbocycles. The van der Waals surface area contributed by atoms with Gasteiger partial charge in [0.05, 0.1) is 5.56 Å². The maximum absolute atomic E-state index is 10.6. The Labute approximate surface area is 74.6 Å². The minimum atomic E-state index is -1.67. The molecule has 0 radical (unpaired) electrons. The minimum Gasteiger partial charge on any atom is -0.507 e. The summed E-state index contributed by atoms with van der Waals surface area (Å²) in [5.74, 6) is -1.13. The quantitative estimate of drug-likeness (QED) is 0.403. The van der Waals surface area contributed by atoms with E-state index in [4.69, 9.17) is 15.8 Å². The highest BCUT2D eigenvalue weighted by Gasteiger charge is 2.14. The Morgan fingerprint density at radius 2 is 2.00 bits per heavy atom. The molecule has 0 saturated carbocycles. The first-order valence-corrected chi connectivity index (χ1v) is 3.51. The largest absolute Gasteiger partial charge is 0.507 e. The Hall–Kier alpha value is -1.53. The second-order valence-electron chi connectivity index (χ2n) is 2.51. The monoisotopic (exact) mass is 181 g/mol. The van der Waals surface area contributed by atoms with Gasteiger partial charge in [-0.2, -0.15) is 0 Å². The lowest BCUT2D eigenvalue weighted by Gasteiger charge is -2.03. The fraction of sp³-hybridized carbons (Fsp3) is 0. The first kappa shape index (κ1) is 9.56. The number of hydrogen-bond donors (Lipinski definition) is 4. The van der Waals surface area contributed by atoms with Crippen molar-refractivity contribution < 1.29 is 19.9 Å². The maximum atomic E-state index is 10.6. The van der Waals surface area contributed by atoms with Crippen molar-refractivity contribution in [3.8, 4) is 5.75 Å². The molecule has 5 nitrogen and oxygen atoms in total. The summed E-state index contributed by atoms with van der Waals surface area (Å²) in [4.78, 5) is 10.6. The van der Waals surface area contributed by atoms with Crippen LogP contribution in [0.5, 0.6) is 5.75 Å². The zero-order valence-corrected chi connectivity index (χ0v) is 6.64. The highest BCUT2D eigenvalue weighted by molar-refractivity contribution is 6.58. The molecular weight excluding hydrogens is 173 g/mol. The topological polar surface area (TPSA) is 104 Å². The second-order valence-corrected chi connectivity index (χ2v) is 2.51. The van der Waals surface area contributed by atoms with Crippen LogP contribution in [0.2, 0.25) is 0 Å². The molecule has 68 valence electrons. The fourth-order valence-corrected chi connectivity index (χ4v) is 0.918. The molecule has 1 aromatic carbocycles. The van der Waals surface area contributed by atoms with Gasteiger partial charge in [-0.05, 0) is 17.6 Å². The van der Waals surface area contributed by atoms with Gasteiger partial charge in [0.25, 0.3) is 5.91 Å². The Kier molecular flexibility index (Phi) is 2.55. The number of aromatic hydroxyl groups is 1.